The number of allylic oxidation sites excluding steroid dienone is 1. The van der Waals surface area contributed by atoms with E-state index in [-0.39, 0.29) is 0 Å². The van der Waals surface area contributed by atoms with Crippen molar-refractivity contribution in [1.29, 1.82) is 0 Å². The van der Waals surface area contributed by atoms with Crippen LogP contribution in [-0.4, -0.2) is 15.7 Å². The molecule has 0 unspecified atom stereocenters. The minimum absolute atomic E-state index is 0.656. The molecular weight excluding hydrogens is 220 g/mol. The lowest BCUT2D eigenvalue weighted by Crippen LogP contribution is -1.92. The Morgan fingerprint density at radius 3 is 2.81 bits per heavy atom. The van der Waals surface area contributed by atoms with Crippen LogP contribution >= 0.6 is 11.6 Å². The number of rotatable bonds is 4. The summed E-state index contributed by atoms with van der Waals surface area (Å²) in [7, 11) is 0. The maximum Gasteiger partial charge on any atom is 0.0645 e. The van der Waals surface area contributed by atoms with Gasteiger partial charge < -0.3 is 0 Å². The van der Waals surface area contributed by atoms with Crippen molar-refractivity contribution >= 4 is 17.7 Å². The van der Waals surface area contributed by atoms with E-state index in [1.165, 1.54) is 0 Å². The molecule has 0 N–H and O–H groups in total. The Bertz CT molecular complexity index is 460. The lowest BCUT2D eigenvalue weighted by molar-refractivity contribution is 0.880. The number of alkyl halides is 1. The van der Waals surface area contributed by atoms with Gasteiger partial charge in [-0.1, -0.05) is 30.4 Å². The van der Waals surface area contributed by atoms with Crippen molar-refractivity contribution in [1.82, 2.24) is 9.78 Å². The highest BCUT2D eigenvalue weighted by Crippen LogP contribution is 2.08. The molecule has 2 nitrogen and oxygen atoms in total. The van der Waals surface area contributed by atoms with Gasteiger partial charge in [0.1, 0.15) is 0 Å². The lowest BCUT2D eigenvalue weighted by Gasteiger charge is -1.98. The minimum Gasteiger partial charge on any atom is -0.240 e. The molecule has 2 aromatic rings. The molecule has 2 rings (SSSR count). The highest BCUT2D eigenvalue weighted by atomic mass is 35.5. The summed E-state index contributed by atoms with van der Waals surface area (Å²) in [4.78, 5) is 0. The third-order valence-electron chi connectivity index (χ3n) is 2.21. The first-order valence-corrected chi connectivity index (χ1v) is 5.76. The van der Waals surface area contributed by atoms with Crippen molar-refractivity contribution in [3.8, 4) is 5.69 Å². The molecule has 0 saturated heterocycles. The number of nitrogens with zero attached hydrogens (tertiary/aromatic N) is 2. The first-order valence-electron chi connectivity index (χ1n) is 5.23. The average molecular weight is 233 g/mol. The van der Waals surface area contributed by atoms with Gasteiger partial charge in [-0.3, -0.25) is 0 Å². The van der Waals surface area contributed by atoms with Crippen LogP contribution < -0.4 is 0 Å². The summed E-state index contributed by atoms with van der Waals surface area (Å²) in [5.74, 6) is 0.656. The normalized spacial score (nSPS) is 11.1. The fraction of sp³-hybridized carbons (Fsp3) is 0.154. The van der Waals surface area contributed by atoms with Crippen LogP contribution in [0.5, 0.6) is 0 Å². The molecule has 0 fully saturated rings. The van der Waals surface area contributed by atoms with Gasteiger partial charge in [0.25, 0.3) is 0 Å². The number of aromatic nitrogens is 2. The summed E-state index contributed by atoms with van der Waals surface area (Å²) >= 11 is 5.60. The van der Waals surface area contributed by atoms with E-state index in [9.17, 15) is 0 Å². The van der Waals surface area contributed by atoms with Gasteiger partial charge in [-0.25, -0.2) is 4.68 Å². The van der Waals surface area contributed by atoms with E-state index in [4.69, 9.17) is 11.6 Å². The second-order valence-electron chi connectivity index (χ2n) is 3.43. The molecule has 1 aromatic carbocycles. The molecule has 16 heavy (non-hydrogen) atoms. The van der Waals surface area contributed by atoms with E-state index >= 15 is 0 Å². The zero-order valence-electron chi connectivity index (χ0n) is 8.88. The van der Waals surface area contributed by atoms with Gasteiger partial charge in [0.15, 0.2) is 0 Å². The maximum atomic E-state index is 5.60. The van der Waals surface area contributed by atoms with E-state index in [1.54, 1.807) is 0 Å². The number of hydrogen-bond acceptors (Lipinski definition) is 1. The standard InChI is InChI=1S/C13H13ClN2/c14-9-5-4-6-12-10-15-16(11-12)13-7-2-1-3-8-13/h1-4,6-8,10-11H,5,9H2. The van der Waals surface area contributed by atoms with Crippen molar-refractivity contribution in [2.75, 3.05) is 5.88 Å². The quantitative estimate of drug-likeness (QED) is 0.738. The fourth-order valence-corrected chi connectivity index (χ4v) is 1.55. The monoisotopic (exact) mass is 232 g/mol. The molecule has 0 radical (unpaired) electrons. The SMILES string of the molecule is ClCCC=Cc1cnn(-c2ccccc2)c1. The van der Waals surface area contributed by atoms with Gasteiger partial charge >= 0.3 is 0 Å². The number of hydrogen-bond donors (Lipinski definition) is 0. The third-order valence-corrected chi connectivity index (χ3v) is 2.43. The molecule has 0 bridgehead atoms. The number of benzene rings is 1. The molecular formula is C13H13ClN2. The number of para-hydroxylation sites is 1. The molecule has 0 amide bonds. The first-order chi connectivity index (χ1) is 7.90. The van der Waals surface area contributed by atoms with Crippen molar-refractivity contribution in [2.24, 2.45) is 0 Å². The van der Waals surface area contributed by atoms with Crippen LogP contribution in [0.25, 0.3) is 11.8 Å². The van der Waals surface area contributed by atoms with E-state index < -0.39 is 0 Å². The molecule has 0 aliphatic heterocycles. The van der Waals surface area contributed by atoms with Crippen molar-refractivity contribution in [2.45, 2.75) is 6.42 Å². The van der Waals surface area contributed by atoms with Crippen molar-refractivity contribution < 1.29 is 0 Å². The van der Waals surface area contributed by atoms with E-state index in [2.05, 4.69) is 11.2 Å². The minimum atomic E-state index is 0.656. The van der Waals surface area contributed by atoms with Crippen LogP contribution in [0.1, 0.15) is 12.0 Å². The maximum absolute atomic E-state index is 5.60. The Labute approximate surface area is 100 Å². The molecule has 0 saturated carbocycles. The summed E-state index contributed by atoms with van der Waals surface area (Å²) in [5.41, 5.74) is 2.16. The van der Waals surface area contributed by atoms with Gasteiger partial charge in [0, 0.05) is 17.6 Å². The number of halogens is 1. The summed E-state index contributed by atoms with van der Waals surface area (Å²) in [5, 5.41) is 4.30. The summed E-state index contributed by atoms with van der Waals surface area (Å²) in [6, 6.07) is 10.0. The van der Waals surface area contributed by atoms with E-state index in [0.717, 1.165) is 17.7 Å². The summed E-state index contributed by atoms with van der Waals surface area (Å²) < 4.78 is 1.86. The van der Waals surface area contributed by atoms with Crippen LogP contribution in [0.3, 0.4) is 0 Å². The van der Waals surface area contributed by atoms with Crippen molar-refractivity contribution in [3.05, 3.63) is 54.4 Å². The largest absolute Gasteiger partial charge is 0.240 e. The topological polar surface area (TPSA) is 17.8 Å². The highest BCUT2D eigenvalue weighted by Gasteiger charge is 1.96. The molecule has 0 spiro atoms. The Balaban J connectivity index is 2.14. The van der Waals surface area contributed by atoms with Gasteiger partial charge in [0.05, 0.1) is 11.9 Å². The zero-order chi connectivity index (χ0) is 11.2. The zero-order valence-corrected chi connectivity index (χ0v) is 9.64. The van der Waals surface area contributed by atoms with E-state index in [1.807, 2.05) is 53.5 Å². The van der Waals surface area contributed by atoms with Crippen LogP contribution in [0.2, 0.25) is 0 Å². The van der Waals surface area contributed by atoms with Gasteiger partial charge in [-0.2, -0.15) is 5.10 Å². The van der Waals surface area contributed by atoms with Gasteiger partial charge in [0.2, 0.25) is 0 Å². The molecule has 3 heteroatoms. The molecule has 1 heterocycles. The fourth-order valence-electron chi connectivity index (χ4n) is 1.43. The first kappa shape index (κ1) is 11.0. The average Bonchev–Trinajstić information content (AvgIpc) is 2.79. The highest BCUT2D eigenvalue weighted by molar-refractivity contribution is 6.17. The van der Waals surface area contributed by atoms with Crippen LogP contribution in [0.15, 0.2) is 48.8 Å². The molecule has 0 atom stereocenters. The van der Waals surface area contributed by atoms with Crippen LogP contribution in [0, 0.1) is 0 Å². The van der Waals surface area contributed by atoms with Crippen LogP contribution in [0.4, 0.5) is 0 Å². The third kappa shape index (κ3) is 2.74. The predicted molar refractivity (Wildman–Crippen MR) is 67.9 cm³/mol. The Morgan fingerprint density at radius 1 is 1.25 bits per heavy atom. The molecule has 0 aliphatic rings. The van der Waals surface area contributed by atoms with Gasteiger partial charge in [-0.05, 0) is 18.6 Å². The summed E-state index contributed by atoms with van der Waals surface area (Å²) in [6.07, 6.45) is 8.82. The second kappa shape index (κ2) is 5.52. The van der Waals surface area contributed by atoms with Gasteiger partial charge in [-0.15, -0.1) is 11.6 Å². The Hall–Kier alpha value is -1.54. The predicted octanol–water partition coefficient (Wildman–Crippen LogP) is 3.51. The smallest absolute Gasteiger partial charge is 0.0645 e. The Kier molecular flexibility index (Phi) is 3.78. The lowest BCUT2D eigenvalue weighted by atomic mass is 10.3. The Morgan fingerprint density at radius 2 is 2.06 bits per heavy atom. The summed E-state index contributed by atoms with van der Waals surface area (Å²) in [6.45, 7) is 0. The van der Waals surface area contributed by atoms with Crippen LogP contribution in [-0.2, 0) is 0 Å². The molecule has 0 aliphatic carbocycles. The molecule has 82 valence electrons. The molecule has 1 aromatic heterocycles. The van der Waals surface area contributed by atoms with E-state index in [0.29, 0.717) is 5.88 Å². The second-order valence-corrected chi connectivity index (χ2v) is 3.81. The van der Waals surface area contributed by atoms with Crippen molar-refractivity contribution in [3.63, 3.8) is 0 Å².